The SMILES string of the molecule is O=C(c1cc(N2CCNC2=O)ccc1Cl)N1CCCNCC1. The molecule has 2 N–H and O–H groups in total. The fraction of sp³-hybridized carbons (Fsp3) is 0.467. The van der Waals surface area contributed by atoms with Crippen molar-refractivity contribution in [3.8, 4) is 0 Å². The van der Waals surface area contributed by atoms with Crippen molar-refractivity contribution in [3.63, 3.8) is 0 Å². The second-order valence-corrected chi connectivity index (χ2v) is 5.85. The van der Waals surface area contributed by atoms with Gasteiger partial charge in [0, 0.05) is 38.4 Å². The predicted octanol–water partition coefficient (Wildman–Crippen LogP) is 1.31. The summed E-state index contributed by atoms with van der Waals surface area (Å²) in [5, 5.41) is 6.45. The van der Waals surface area contributed by atoms with Crippen molar-refractivity contribution in [2.75, 3.05) is 44.2 Å². The minimum Gasteiger partial charge on any atom is -0.337 e. The second kappa shape index (κ2) is 6.54. The number of rotatable bonds is 2. The number of benzene rings is 1. The molecule has 0 bridgehead atoms. The Bertz CT molecular complexity index is 585. The van der Waals surface area contributed by atoms with Crippen molar-refractivity contribution in [2.24, 2.45) is 0 Å². The molecule has 0 aliphatic carbocycles. The van der Waals surface area contributed by atoms with Crippen LogP contribution in [0.15, 0.2) is 18.2 Å². The van der Waals surface area contributed by atoms with Crippen LogP contribution in [-0.4, -0.2) is 56.1 Å². The highest BCUT2D eigenvalue weighted by molar-refractivity contribution is 6.34. The van der Waals surface area contributed by atoms with Crippen LogP contribution in [0.4, 0.5) is 10.5 Å². The van der Waals surface area contributed by atoms with Gasteiger partial charge in [0.15, 0.2) is 0 Å². The fourth-order valence-corrected chi connectivity index (χ4v) is 2.98. The number of urea groups is 1. The number of hydrogen-bond donors (Lipinski definition) is 2. The molecular formula is C15H19ClN4O2. The first-order valence-corrected chi connectivity index (χ1v) is 7.89. The molecule has 118 valence electrons. The number of anilines is 1. The molecule has 6 nitrogen and oxygen atoms in total. The predicted molar refractivity (Wildman–Crippen MR) is 85.6 cm³/mol. The Hall–Kier alpha value is -1.79. The van der Waals surface area contributed by atoms with Gasteiger partial charge in [-0.3, -0.25) is 9.69 Å². The van der Waals surface area contributed by atoms with Crippen LogP contribution in [0, 0.1) is 0 Å². The largest absolute Gasteiger partial charge is 0.337 e. The molecule has 3 rings (SSSR count). The quantitative estimate of drug-likeness (QED) is 0.863. The molecule has 0 atom stereocenters. The van der Waals surface area contributed by atoms with Crippen molar-refractivity contribution < 1.29 is 9.59 Å². The summed E-state index contributed by atoms with van der Waals surface area (Å²) in [4.78, 5) is 27.9. The van der Waals surface area contributed by atoms with E-state index >= 15 is 0 Å². The smallest absolute Gasteiger partial charge is 0.321 e. The molecule has 0 spiro atoms. The van der Waals surface area contributed by atoms with Gasteiger partial charge < -0.3 is 15.5 Å². The Morgan fingerprint density at radius 1 is 1.14 bits per heavy atom. The van der Waals surface area contributed by atoms with Gasteiger partial charge >= 0.3 is 6.03 Å². The molecule has 2 aliphatic heterocycles. The maximum absolute atomic E-state index is 12.7. The van der Waals surface area contributed by atoms with E-state index in [1.54, 1.807) is 23.1 Å². The van der Waals surface area contributed by atoms with Crippen LogP contribution in [0.25, 0.3) is 0 Å². The lowest BCUT2D eigenvalue weighted by Gasteiger charge is -2.22. The van der Waals surface area contributed by atoms with E-state index in [-0.39, 0.29) is 11.9 Å². The topological polar surface area (TPSA) is 64.7 Å². The number of hydrogen-bond acceptors (Lipinski definition) is 3. The Morgan fingerprint density at radius 2 is 2.00 bits per heavy atom. The van der Waals surface area contributed by atoms with Crippen LogP contribution in [-0.2, 0) is 0 Å². The minimum atomic E-state index is -0.139. The zero-order valence-electron chi connectivity index (χ0n) is 12.3. The lowest BCUT2D eigenvalue weighted by Crippen LogP contribution is -2.34. The van der Waals surface area contributed by atoms with E-state index in [0.717, 1.165) is 26.1 Å². The summed E-state index contributed by atoms with van der Waals surface area (Å²) >= 11 is 6.21. The van der Waals surface area contributed by atoms with E-state index in [2.05, 4.69) is 10.6 Å². The van der Waals surface area contributed by atoms with Gasteiger partial charge in [-0.2, -0.15) is 0 Å². The Labute approximate surface area is 134 Å². The molecule has 2 heterocycles. The third kappa shape index (κ3) is 3.03. The summed E-state index contributed by atoms with van der Waals surface area (Å²) in [6.07, 6.45) is 0.928. The van der Waals surface area contributed by atoms with Crippen molar-refractivity contribution in [1.82, 2.24) is 15.5 Å². The number of carbonyl (C=O) groups is 2. The summed E-state index contributed by atoms with van der Waals surface area (Å²) < 4.78 is 0. The molecule has 3 amide bonds. The van der Waals surface area contributed by atoms with Gasteiger partial charge in [-0.05, 0) is 31.2 Å². The minimum absolute atomic E-state index is 0.0739. The van der Waals surface area contributed by atoms with E-state index in [1.165, 1.54) is 0 Å². The molecule has 1 aromatic rings. The van der Waals surface area contributed by atoms with Gasteiger partial charge in [-0.15, -0.1) is 0 Å². The van der Waals surface area contributed by atoms with Crippen molar-refractivity contribution in [1.29, 1.82) is 0 Å². The summed E-state index contributed by atoms with van der Waals surface area (Å²) in [5.74, 6) is -0.0739. The molecule has 0 radical (unpaired) electrons. The van der Waals surface area contributed by atoms with Gasteiger partial charge in [0.2, 0.25) is 0 Å². The third-order valence-corrected chi connectivity index (χ3v) is 4.31. The van der Waals surface area contributed by atoms with Gasteiger partial charge in [0.25, 0.3) is 5.91 Å². The number of amides is 3. The molecule has 22 heavy (non-hydrogen) atoms. The fourth-order valence-electron chi connectivity index (χ4n) is 2.78. The maximum atomic E-state index is 12.7. The summed E-state index contributed by atoms with van der Waals surface area (Å²) in [7, 11) is 0. The number of nitrogens with zero attached hydrogens (tertiary/aromatic N) is 2. The lowest BCUT2D eigenvalue weighted by atomic mass is 10.1. The van der Waals surface area contributed by atoms with E-state index in [4.69, 9.17) is 11.6 Å². The molecule has 7 heteroatoms. The van der Waals surface area contributed by atoms with Gasteiger partial charge in [-0.1, -0.05) is 11.6 Å². The normalized spacial score (nSPS) is 19.0. The molecule has 2 fully saturated rings. The summed E-state index contributed by atoms with van der Waals surface area (Å²) in [6, 6.07) is 5.04. The van der Waals surface area contributed by atoms with Crippen LogP contribution < -0.4 is 15.5 Å². The second-order valence-electron chi connectivity index (χ2n) is 5.44. The van der Waals surface area contributed by atoms with Gasteiger partial charge in [0.05, 0.1) is 10.6 Å². The number of carbonyl (C=O) groups excluding carboxylic acids is 2. The molecule has 0 unspecified atom stereocenters. The monoisotopic (exact) mass is 322 g/mol. The van der Waals surface area contributed by atoms with Crippen LogP contribution in [0.1, 0.15) is 16.8 Å². The van der Waals surface area contributed by atoms with E-state index in [1.807, 2.05) is 4.90 Å². The lowest BCUT2D eigenvalue weighted by molar-refractivity contribution is 0.0766. The van der Waals surface area contributed by atoms with Crippen LogP contribution in [0.2, 0.25) is 5.02 Å². The highest BCUT2D eigenvalue weighted by Gasteiger charge is 2.24. The molecule has 0 aromatic heterocycles. The Morgan fingerprint density at radius 3 is 2.77 bits per heavy atom. The van der Waals surface area contributed by atoms with Crippen molar-refractivity contribution >= 4 is 29.2 Å². The van der Waals surface area contributed by atoms with Crippen LogP contribution in [0.5, 0.6) is 0 Å². The zero-order chi connectivity index (χ0) is 15.5. The molecule has 2 aliphatic rings. The maximum Gasteiger partial charge on any atom is 0.321 e. The average molecular weight is 323 g/mol. The van der Waals surface area contributed by atoms with Crippen LogP contribution in [0.3, 0.4) is 0 Å². The first kappa shape index (κ1) is 15.1. The zero-order valence-corrected chi connectivity index (χ0v) is 13.0. The van der Waals surface area contributed by atoms with Crippen LogP contribution >= 0.6 is 11.6 Å². The Balaban J connectivity index is 1.85. The van der Waals surface area contributed by atoms with Crippen molar-refractivity contribution in [3.05, 3.63) is 28.8 Å². The number of halogens is 1. The van der Waals surface area contributed by atoms with E-state index in [9.17, 15) is 9.59 Å². The molecule has 2 saturated heterocycles. The van der Waals surface area contributed by atoms with Crippen molar-refractivity contribution in [2.45, 2.75) is 6.42 Å². The standard InChI is InChI=1S/C15H19ClN4O2/c16-13-3-2-11(20-9-6-18-15(20)22)10-12(13)14(21)19-7-1-4-17-5-8-19/h2-3,10,17H,1,4-9H2,(H,18,22). The van der Waals surface area contributed by atoms with E-state index in [0.29, 0.717) is 35.9 Å². The first-order valence-electron chi connectivity index (χ1n) is 7.52. The number of nitrogens with one attached hydrogen (secondary N) is 2. The average Bonchev–Trinajstić information content (AvgIpc) is 2.77. The molecule has 1 aromatic carbocycles. The highest BCUT2D eigenvalue weighted by Crippen LogP contribution is 2.25. The van der Waals surface area contributed by atoms with E-state index < -0.39 is 0 Å². The van der Waals surface area contributed by atoms with Gasteiger partial charge in [-0.25, -0.2) is 4.79 Å². The third-order valence-electron chi connectivity index (χ3n) is 3.98. The molecular weight excluding hydrogens is 304 g/mol. The highest BCUT2D eigenvalue weighted by atomic mass is 35.5. The summed E-state index contributed by atoms with van der Waals surface area (Å²) in [6.45, 7) is 4.31. The first-order chi connectivity index (χ1) is 10.7. The Kier molecular flexibility index (Phi) is 4.49. The van der Waals surface area contributed by atoms with Gasteiger partial charge in [0.1, 0.15) is 0 Å². The summed E-state index contributed by atoms with van der Waals surface area (Å²) in [5.41, 5.74) is 1.16. The molecule has 0 saturated carbocycles.